The minimum absolute atomic E-state index is 0.0753. The molecular formula is C30H43N3O7. The maximum atomic E-state index is 13.4. The fourth-order valence-electron chi connectivity index (χ4n) is 7.15. The molecule has 2 bridgehead atoms. The first-order valence-electron chi connectivity index (χ1n) is 14.0. The maximum absolute atomic E-state index is 13.4. The van der Waals surface area contributed by atoms with Crippen molar-refractivity contribution in [3.63, 3.8) is 0 Å². The Kier molecular flexibility index (Phi) is 6.81. The number of methoxy groups -OCH3 is 1. The minimum Gasteiger partial charge on any atom is -0.493 e. The van der Waals surface area contributed by atoms with Crippen LogP contribution in [0.5, 0.6) is 11.5 Å². The number of piperidine rings is 1. The molecule has 2 amide bonds. The largest absolute Gasteiger partial charge is 0.493 e. The Morgan fingerprint density at radius 3 is 2.65 bits per heavy atom. The van der Waals surface area contributed by atoms with Crippen molar-refractivity contribution in [2.75, 3.05) is 40.8 Å². The van der Waals surface area contributed by atoms with Gasteiger partial charge >= 0.3 is 12.2 Å². The Hall–Kier alpha value is -2.98. The van der Waals surface area contributed by atoms with E-state index in [2.05, 4.69) is 23.3 Å². The van der Waals surface area contributed by atoms with Crippen LogP contribution in [0.15, 0.2) is 24.0 Å². The zero-order valence-corrected chi connectivity index (χ0v) is 24.9. The summed E-state index contributed by atoms with van der Waals surface area (Å²) in [5.41, 5.74) is -0.700. The van der Waals surface area contributed by atoms with Crippen LogP contribution in [0.1, 0.15) is 58.6 Å². The second kappa shape index (κ2) is 9.55. The lowest BCUT2D eigenvalue weighted by Crippen LogP contribution is -2.74. The first-order chi connectivity index (χ1) is 18.6. The molecule has 10 heteroatoms. The van der Waals surface area contributed by atoms with Gasteiger partial charge in [-0.25, -0.2) is 9.59 Å². The highest BCUT2D eigenvalue weighted by Crippen LogP contribution is 2.65. The van der Waals surface area contributed by atoms with Gasteiger partial charge in [-0.2, -0.15) is 0 Å². The second-order valence-corrected chi connectivity index (χ2v) is 13.5. The number of alkyl carbamates (subject to hydrolysis) is 1. The van der Waals surface area contributed by atoms with Crippen molar-refractivity contribution in [1.82, 2.24) is 15.1 Å². The summed E-state index contributed by atoms with van der Waals surface area (Å²) in [6.45, 7) is 10.8. The van der Waals surface area contributed by atoms with E-state index in [1.165, 1.54) is 4.90 Å². The van der Waals surface area contributed by atoms with Crippen LogP contribution in [-0.4, -0.2) is 91.3 Å². The molecular weight excluding hydrogens is 514 g/mol. The summed E-state index contributed by atoms with van der Waals surface area (Å²) in [5, 5.41) is 15.1. The Morgan fingerprint density at radius 1 is 1.25 bits per heavy atom. The van der Waals surface area contributed by atoms with Crippen LogP contribution >= 0.6 is 0 Å². The molecule has 40 heavy (non-hydrogen) atoms. The molecule has 2 aliphatic carbocycles. The van der Waals surface area contributed by atoms with Gasteiger partial charge in [0.2, 0.25) is 0 Å². The van der Waals surface area contributed by atoms with Crippen molar-refractivity contribution in [2.45, 2.75) is 82.6 Å². The minimum atomic E-state index is -1.06. The van der Waals surface area contributed by atoms with Crippen LogP contribution in [-0.2, 0) is 21.3 Å². The van der Waals surface area contributed by atoms with Gasteiger partial charge in [0.1, 0.15) is 11.4 Å². The number of ether oxygens (including phenoxy) is 4. The number of nitrogens with one attached hydrogen (secondary N) is 1. The Morgan fingerprint density at radius 2 is 1.98 bits per heavy atom. The first-order valence-corrected chi connectivity index (χ1v) is 14.0. The number of aliphatic hydroxyl groups is 1. The van der Waals surface area contributed by atoms with Crippen molar-refractivity contribution >= 4 is 12.2 Å². The standard InChI is InChI=1S/C30H43N3O7/c1-27(2,3)40-25(34)31-16-28(4,5)17-33(7)26(35)38-20-11-12-30(36)21-15-18-9-10-19(37-8)23-22(18)29(30,24(20)39-23)13-14-32(21)6/h9-11,21,24,36H,12-17H2,1-8H3,(H,31,34)/t21-,24+,29+,30-/m1/s1. The second-order valence-electron chi connectivity index (χ2n) is 13.5. The van der Waals surface area contributed by atoms with Crippen LogP contribution in [0.4, 0.5) is 9.59 Å². The van der Waals surface area contributed by atoms with E-state index in [1.807, 2.05) is 46.8 Å². The molecule has 0 unspecified atom stereocenters. The van der Waals surface area contributed by atoms with Gasteiger partial charge in [-0.1, -0.05) is 19.9 Å². The van der Waals surface area contributed by atoms with Crippen molar-refractivity contribution in [1.29, 1.82) is 0 Å². The molecule has 1 aromatic rings. The van der Waals surface area contributed by atoms with Gasteiger partial charge in [0.05, 0.1) is 18.1 Å². The van der Waals surface area contributed by atoms with E-state index in [0.717, 1.165) is 24.1 Å². The van der Waals surface area contributed by atoms with Crippen LogP contribution in [0.3, 0.4) is 0 Å². The van der Waals surface area contributed by atoms with E-state index in [9.17, 15) is 14.7 Å². The maximum Gasteiger partial charge on any atom is 0.414 e. The Bertz CT molecular complexity index is 1240. The van der Waals surface area contributed by atoms with Gasteiger partial charge in [-0.15, -0.1) is 0 Å². The van der Waals surface area contributed by atoms with Crippen molar-refractivity contribution in [2.24, 2.45) is 5.41 Å². The van der Waals surface area contributed by atoms with Crippen LogP contribution in [0.25, 0.3) is 0 Å². The van der Waals surface area contributed by atoms with E-state index in [-0.39, 0.29) is 6.04 Å². The summed E-state index contributed by atoms with van der Waals surface area (Å²) in [5.74, 6) is 1.67. The molecule has 220 valence electrons. The number of hydrogen-bond donors (Lipinski definition) is 2. The molecule has 5 rings (SSSR count). The summed E-state index contributed by atoms with van der Waals surface area (Å²) in [6.07, 6.45) is 1.89. The fraction of sp³-hybridized carbons (Fsp3) is 0.667. The van der Waals surface area contributed by atoms with Gasteiger partial charge in [0, 0.05) is 38.2 Å². The third kappa shape index (κ3) is 4.49. The van der Waals surface area contributed by atoms with Crippen LogP contribution < -0.4 is 14.8 Å². The topological polar surface area (TPSA) is 110 Å². The number of rotatable bonds is 6. The molecule has 1 spiro atoms. The number of likely N-dealkylation sites (N-methyl/N-ethyl adjacent to an activating group) is 1. The highest BCUT2D eigenvalue weighted by atomic mass is 16.6. The molecule has 1 saturated heterocycles. The molecule has 1 fully saturated rings. The van der Waals surface area contributed by atoms with E-state index in [0.29, 0.717) is 43.2 Å². The number of amides is 2. The van der Waals surface area contributed by atoms with E-state index in [4.69, 9.17) is 18.9 Å². The highest BCUT2D eigenvalue weighted by Gasteiger charge is 2.72. The SMILES string of the molecule is COc1ccc2c3c1O[C@H]1C(OC(=O)N(C)CC(C)(C)CNC(=O)OC(C)(C)C)=CC[C@@]4(O)[C@@H](C2)N(C)CC[C@]314. The number of hydrogen-bond acceptors (Lipinski definition) is 8. The summed E-state index contributed by atoms with van der Waals surface area (Å²) in [4.78, 5) is 29.2. The monoisotopic (exact) mass is 557 g/mol. The summed E-state index contributed by atoms with van der Waals surface area (Å²) in [6, 6.07) is 3.91. The molecule has 1 aromatic carbocycles. The lowest BCUT2D eigenvalue weighted by Gasteiger charge is -2.61. The van der Waals surface area contributed by atoms with Crippen LogP contribution in [0.2, 0.25) is 0 Å². The van der Waals surface area contributed by atoms with Crippen molar-refractivity contribution in [3.8, 4) is 11.5 Å². The summed E-state index contributed by atoms with van der Waals surface area (Å²) >= 11 is 0. The molecule has 2 aliphatic heterocycles. The summed E-state index contributed by atoms with van der Waals surface area (Å²) in [7, 11) is 5.34. The predicted molar refractivity (Wildman–Crippen MR) is 149 cm³/mol. The average Bonchev–Trinajstić information content (AvgIpc) is 3.21. The van der Waals surface area contributed by atoms with Gasteiger partial charge in [0.15, 0.2) is 17.6 Å². The Labute approximate surface area is 236 Å². The lowest BCUT2D eigenvalue weighted by atomic mass is 9.50. The van der Waals surface area contributed by atoms with Gasteiger partial charge in [-0.05, 0) is 70.3 Å². The summed E-state index contributed by atoms with van der Waals surface area (Å²) < 4.78 is 23.6. The molecule has 2 heterocycles. The molecule has 0 radical (unpaired) electrons. The first kappa shape index (κ1) is 28.5. The van der Waals surface area contributed by atoms with E-state index >= 15 is 0 Å². The third-order valence-corrected chi connectivity index (χ3v) is 8.85. The highest BCUT2D eigenvalue weighted by molar-refractivity contribution is 5.70. The number of carbonyl (C=O) groups excluding carboxylic acids is 2. The molecule has 0 saturated carbocycles. The third-order valence-electron chi connectivity index (χ3n) is 8.85. The number of carbonyl (C=O) groups is 2. The van der Waals surface area contributed by atoms with Gasteiger partial charge in [-0.3, -0.25) is 0 Å². The molecule has 4 atom stereocenters. The average molecular weight is 558 g/mol. The number of benzene rings is 1. The van der Waals surface area contributed by atoms with Crippen molar-refractivity contribution in [3.05, 3.63) is 35.1 Å². The molecule has 4 aliphatic rings. The zero-order chi connectivity index (χ0) is 29.3. The molecule has 0 aromatic heterocycles. The molecule has 10 nitrogen and oxygen atoms in total. The Balaban J connectivity index is 1.35. The number of nitrogens with zero attached hydrogens (tertiary/aromatic N) is 2. The molecule has 2 N–H and O–H groups in total. The predicted octanol–water partition coefficient (Wildman–Crippen LogP) is 3.59. The lowest BCUT2D eigenvalue weighted by molar-refractivity contribution is -0.163. The van der Waals surface area contributed by atoms with Crippen LogP contribution in [0, 0.1) is 5.41 Å². The fourth-order valence-corrected chi connectivity index (χ4v) is 7.15. The van der Waals surface area contributed by atoms with Gasteiger partial charge < -0.3 is 39.2 Å². The zero-order valence-electron chi connectivity index (χ0n) is 24.9. The number of likely N-dealkylation sites (tertiary alicyclic amines) is 1. The van der Waals surface area contributed by atoms with E-state index in [1.54, 1.807) is 14.2 Å². The smallest absolute Gasteiger partial charge is 0.414 e. The normalized spacial score (nSPS) is 28.6. The van der Waals surface area contributed by atoms with Gasteiger partial charge in [0.25, 0.3) is 0 Å². The van der Waals surface area contributed by atoms with Crippen molar-refractivity contribution < 1.29 is 33.6 Å². The quantitative estimate of drug-likeness (QED) is 0.546. The van der Waals surface area contributed by atoms with E-state index < -0.39 is 40.3 Å².